The molecular weight excluding hydrogens is 319 g/mol. The lowest BCUT2D eigenvalue weighted by molar-refractivity contribution is -0.129. The zero-order chi connectivity index (χ0) is 17.8. The van der Waals surface area contributed by atoms with Gasteiger partial charge in [0.2, 0.25) is 11.8 Å². The second kappa shape index (κ2) is 7.47. The van der Waals surface area contributed by atoms with E-state index in [0.717, 1.165) is 29.8 Å². The number of carbonyl (C=O) groups excluding carboxylic acids is 2. The molecule has 2 aromatic rings. The first-order valence-corrected chi connectivity index (χ1v) is 8.40. The molecule has 0 atom stereocenters. The first kappa shape index (κ1) is 17.1. The fraction of sp³-hybridized carbons (Fsp3) is 0.300. The van der Waals surface area contributed by atoms with Crippen LogP contribution in [0, 0.1) is 5.82 Å². The highest BCUT2D eigenvalue weighted by Crippen LogP contribution is 2.22. The Morgan fingerprint density at radius 2 is 1.92 bits per heavy atom. The molecule has 25 heavy (non-hydrogen) atoms. The summed E-state index contributed by atoms with van der Waals surface area (Å²) in [6.45, 7) is 1.13. The van der Waals surface area contributed by atoms with Crippen molar-refractivity contribution in [3.63, 3.8) is 0 Å². The quantitative estimate of drug-likeness (QED) is 0.839. The second-order valence-electron chi connectivity index (χ2n) is 6.37. The molecule has 0 spiro atoms. The van der Waals surface area contributed by atoms with Gasteiger partial charge >= 0.3 is 0 Å². The lowest BCUT2D eigenvalue weighted by Crippen LogP contribution is -2.27. The van der Waals surface area contributed by atoms with Gasteiger partial charge in [-0.25, -0.2) is 4.39 Å². The predicted octanol–water partition coefficient (Wildman–Crippen LogP) is 3.15. The molecule has 2 amide bonds. The monoisotopic (exact) mass is 340 g/mol. The van der Waals surface area contributed by atoms with E-state index in [4.69, 9.17) is 0 Å². The van der Waals surface area contributed by atoms with Crippen LogP contribution in [0.5, 0.6) is 0 Å². The SMILES string of the molecule is CN(Cc1cccc(F)c1)C(=O)Cc1ccc(N2CCCC2=O)cc1. The van der Waals surface area contributed by atoms with Crippen LogP contribution in [-0.4, -0.2) is 30.3 Å². The fourth-order valence-electron chi connectivity index (χ4n) is 3.02. The van der Waals surface area contributed by atoms with E-state index in [9.17, 15) is 14.0 Å². The summed E-state index contributed by atoms with van der Waals surface area (Å²) in [5.41, 5.74) is 2.54. The summed E-state index contributed by atoms with van der Waals surface area (Å²) in [6, 6.07) is 13.8. The zero-order valence-corrected chi connectivity index (χ0v) is 14.2. The van der Waals surface area contributed by atoms with Crippen molar-refractivity contribution in [2.75, 3.05) is 18.5 Å². The van der Waals surface area contributed by atoms with Crippen LogP contribution in [-0.2, 0) is 22.6 Å². The Kier molecular flexibility index (Phi) is 5.12. The molecule has 0 saturated carbocycles. The number of carbonyl (C=O) groups is 2. The lowest BCUT2D eigenvalue weighted by Gasteiger charge is -2.18. The van der Waals surface area contributed by atoms with E-state index in [0.29, 0.717) is 13.0 Å². The van der Waals surface area contributed by atoms with E-state index in [1.807, 2.05) is 24.3 Å². The molecule has 2 aromatic carbocycles. The Hall–Kier alpha value is -2.69. The van der Waals surface area contributed by atoms with Gasteiger partial charge in [0, 0.05) is 32.2 Å². The first-order valence-electron chi connectivity index (χ1n) is 8.40. The van der Waals surface area contributed by atoms with Crippen molar-refractivity contribution in [1.29, 1.82) is 0 Å². The Morgan fingerprint density at radius 3 is 2.56 bits per heavy atom. The number of benzene rings is 2. The summed E-state index contributed by atoms with van der Waals surface area (Å²) in [6.07, 6.45) is 1.77. The topological polar surface area (TPSA) is 40.6 Å². The Balaban J connectivity index is 1.59. The van der Waals surface area contributed by atoms with Crippen molar-refractivity contribution in [3.8, 4) is 0 Å². The molecule has 1 saturated heterocycles. The van der Waals surface area contributed by atoms with Gasteiger partial charge in [0.05, 0.1) is 6.42 Å². The normalized spacial score (nSPS) is 14.0. The predicted molar refractivity (Wildman–Crippen MR) is 94.6 cm³/mol. The maximum atomic E-state index is 13.2. The van der Waals surface area contributed by atoms with Crippen molar-refractivity contribution in [2.24, 2.45) is 0 Å². The fourth-order valence-corrected chi connectivity index (χ4v) is 3.02. The molecule has 1 aliphatic rings. The van der Waals surface area contributed by atoms with Crippen LogP contribution < -0.4 is 4.90 Å². The van der Waals surface area contributed by atoms with Crippen LogP contribution in [0.25, 0.3) is 0 Å². The number of halogens is 1. The van der Waals surface area contributed by atoms with Gasteiger partial charge in [-0.2, -0.15) is 0 Å². The van der Waals surface area contributed by atoms with Gasteiger partial charge in [-0.15, -0.1) is 0 Å². The van der Waals surface area contributed by atoms with Crippen LogP contribution in [0.15, 0.2) is 48.5 Å². The zero-order valence-electron chi connectivity index (χ0n) is 14.2. The van der Waals surface area contributed by atoms with Gasteiger partial charge < -0.3 is 9.80 Å². The lowest BCUT2D eigenvalue weighted by atomic mass is 10.1. The average molecular weight is 340 g/mol. The number of amides is 2. The van der Waals surface area contributed by atoms with Gasteiger partial charge in [0.1, 0.15) is 5.82 Å². The second-order valence-corrected chi connectivity index (χ2v) is 6.37. The summed E-state index contributed by atoms with van der Waals surface area (Å²) < 4.78 is 13.2. The van der Waals surface area contributed by atoms with Gasteiger partial charge in [-0.05, 0) is 41.8 Å². The number of rotatable bonds is 5. The highest BCUT2D eigenvalue weighted by Gasteiger charge is 2.21. The first-order chi connectivity index (χ1) is 12.0. The molecule has 130 valence electrons. The summed E-state index contributed by atoms with van der Waals surface area (Å²) in [7, 11) is 1.71. The third-order valence-corrected chi connectivity index (χ3v) is 4.41. The molecule has 1 fully saturated rings. The minimum atomic E-state index is -0.301. The molecule has 0 aromatic heterocycles. The molecule has 5 heteroatoms. The average Bonchev–Trinajstić information content (AvgIpc) is 3.01. The Bertz CT molecular complexity index is 774. The molecule has 1 aliphatic heterocycles. The molecule has 3 rings (SSSR count). The van der Waals surface area contributed by atoms with Crippen LogP contribution >= 0.6 is 0 Å². The van der Waals surface area contributed by atoms with Crippen molar-refractivity contribution in [3.05, 3.63) is 65.5 Å². The minimum absolute atomic E-state index is 0.0331. The smallest absolute Gasteiger partial charge is 0.227 e. The number of hydrogen-bond donors (Lipinski definition) is 0. The summed E-state index contributed by atoms with van der Waals surface area (Å²) in [5, 5.41) is 0. The Labute approximate surface area is 146 Å². The highest BCUT2D eigenvalue weighted by molar-refractivity contribution is 5.95. The number of nitrogens with zero attached hydrogens (tertiary/aromatic N) is 2. The summed E-state index contributed by atoms with van der Waals surface area (Å²) in [5.74, 6) is -0.182. The molecule has 0 radical (unpaired) electrons. The van der Waals surface area contributed by atoms with Crippen molar-refractivity contribution in [2.45, 2.75) is 25.8 Å². The van der Waals surface area contributed by atoms with E-state index < -0.39 is 0 Å². The molecule has 0 bridgehead atoms. The largest absolute Gasteiger partial charge is 0.341 e. The van der Waals surface area contributed by atoms with Gasteiger partial charge in [0.25, 0.3) is 0 Å². The van der Waals surface area contributed by atoms with Gasteiger partial charge in [-0.1, -0.05) is 24.3 Å². The molecule has 0 aliphatic carbocycles. The van der Waals surface area contributed by atoms with E-state index in [1.165, 1.54) is 12.1 Å². The minimum Gasteiger partial charge on any atom is -0.341 e. The van der Waals surface area contributed by atoms with E-state index in [2.05, 4.69) is 0 Å². The third-order valence-electron chi connectivity index (χ3n) is 4.41. The third kappa shape index (κ3) is 4.24. The summed E-state index contributed by atoms with van der Waals surface area (Å²) >= 11 is 0. The van der Waals surface area contributed by atoms with Crippen molar-refractivity contribution in [1.82, 2.24) is 4.90 Å². The van der Waals surface area contributed by atoms with Crippen LogP contribution in [0.4, 0.5) is 10.1 Å². The van der Waals surface area contributed by atoms with Gasteiger partial charge in [0.15, 0.2) is 0 Å². The number of hydrogen-bond acceptors (Lipinski definition) is 2. The van der Waals surface area contributed by atoms with E-state index in [-0.39, 0.29) is 24.1 Å². The van der Waals surface area contributed by atoms with Crippen molar-refractivity contribution < 1.29 is 14.0 Å². The molecule has 0 unspecified atom stereocenters. The van der Waals surface area contributed by atoms with Crippen LogP contribution in [0.1, 0.15) is 24.0 Å². The maximum Gasteiger partial charge on any atom is 0.227 e. The van der Waals surface area contributed by atoms with Gasteiger partial charge in [-0.3, -0.25) is 9.59 Å². The number of likely N-dealkylation sites (N-methyl/N-ethyl adjacent to an activating group) is 1. The van der Waals surface area contributed by atoms with Crippen LogP contribution in [0.3, 0.4) is 0 Å². The van der Waals surface area contributed by atoms with E-state index >= 15 is 0 Å². The Morgan fingerprint density at radius 1 is 1.16 bits per heavy atom. The molecule has 0 N–H and O–H groups in total. The van der Waals surface area contributed by atoms with E-state index in [1.54, 1.807) is 29.0 Å². The molecule has 4 nitrogen and oxygen atoms in total. The number of anilines is 1. The highest BCUT2D eigenvalue weighted by atomic mass is 19.1. The van der Waals surface area contributed by atoms with Crippen LogP contribution in [0.2, 0.25) is 0 Å². The standard InChI is InChI=1S/C20H21FN2O2/c1-22(14-16-4-2-5-17(21)12-16)20(25)13-15-7-9-18(10-8-15)23-11-3-6-19(23)24/h2,4-5,7-10,12H,3,6,11,13-14H2,1H3. The maximum absolute atomic E-state index is 13.2. The van der Waals surface area contributed by atoms with Crippen molar-refractivity contribution >= 4 is 17.5 Å². The molecular formula is C20H21FN2O2. The summed E-state index contributed by atoms with van der Waals surface area (Å²) in [4.78, 5) is 27.5. The molecule has 1 heterocycles.